The highest BCUT2D eigenvalue weighted by Crippen LogP contribution is 2.30. The minimum atomic E-state index is -0.935. The average Bonchev–Trinajstić information content (AvgIpc) is 2.85. The lowest BCUT2D eigenvalue weighted by Crippen LogP contribution is -2.47. The molecule has 1 aromatic carbocycles. The quantitative estimate of drug-likeness (QED) is 0.398. The van der Waals surface area contributed by atoms with Crippen LogP contribution in [0.1, 0.15) is 0 Å². The molecule has 0 saturated carbocycles. The highest BCUT2D eigenvalue weighted by Gasteiger charge is 2.22. The van der Waals surface area contributed by atoms with Gasteiger partial charge in [0, 0.05) is 0 Å². The molecule has 0 radical (unpaired) electrons. The van der Waals surface area contributed by atoms with E-state index in [1.54, 1.807) is 32.4 Å². The summed E-state index contributed by atoms with van der Waals surface area (Å²) in [5, 5.41) is 15.8. The summed E-state index contributed by atoms with van der Waals surface area (Å²) in [6.07, 6.45) is 0. The normalized spacial score (nSPS) is 10.4. The van der Waals surface area contributed by atoms with E-state index in [0.29, 0.717) is 22.5 Å². The Bertz CT molecular complexity index is 659. The maximum absolute atomic E-state index is 10.6. The first-order valence-electron chi connectivity index (χ1n) is 5.89. The van der Waals surface area contributed by atoms with Crippen molar-refractivity contribution in [2.24, 2.45) is 0 Å². The maximum Gasteiger partial charge on any atom is 0.359 e. The topological polar surface area (TPSA) is 114 Å². The van der Waals surface area contributed by atoms with E-state index in [4.69, 9.17) is 20.4 Å². The van der Waals surface area contributed by atoms with Gasteiger partial charge >= 0.3 is 11.1 Å². The van der Waals surface area contributed by atoms with Gasteiger partial charge in [0.15, 0.2) is 11.5 Å². The summed E-state index contributed by atoms with van der Waals surface area (Å²) < 4.78 is 11.7. The van der Waals surface area contributed by atoms with Gasteiger partial charge in [-0.15, -0.1) is 9.77 Å². The summed E-state index contributed by atoms with van der Waals surface area (Å²) in [6.45, 7) is 0. The predicted octanol–water partition coefficient (Wildman–Crippen LogP) is 0.272. The van der Waals surface area contributed by atoms with Gasteiger partial charge in [-0.05, 0) is 30.0 Å². The lowest BCUT2D eigenvalue weighted by molar-refractivity contribution is -0.666. The first kappa shape index (κ1) is 15.0. The number of hydrogen-bond acceptors (Lipinski definition) is 6. The number of aromatic nitrogens is 3. The van der Waals surface area contributed by atoms with Crippen LogP contribution in [0.15, 0.2) is 23.4 Å². The number of nitrogens with one attached hydrogen (secondary N) is 1. The highest BCUT2D eigenvalue weighted by atomic mass is 32.2. The average molecular weight is 311 g/mol. The van der Waals surface area contributed by atoms with Crippen LogP contribution in [-0.4, -0.2) is 41.2 Å². The number of aromatic amines is 1. The second-order valence-electron chi connectivity index (χ2n) is 3.98. The van der Waals surface area contributed by atoms with Crippen LogP contribution >= 0.6 is 11.8 Å². The van der Waals surface area contributed by atoms with Crippen molar-refractivity contribution in [3.63, 3.8) is 0 Å². The minimum absolute atomic E-state index is 0.118. The zero-order valence-corrected chi connectivity index (χ0v) is 12.3. The summed E-state index contributed by atoms with van der Waals surface area (Å²) >= 11 is 1.03. The fraction of sp³-hybridized carbons (Fsp3) is 0.250. The van der Waals surface area contributed by atoms with Crippen molar-refractivity contribution in [2.45, 2.75) is 5.16 Å². The SMILES string of the molecule is COc1ccc(-c2[nH]nc(SCC(=O)O)[n+]2N)cc1OC. The summed E-state index contributed by atoms with van der Waals surface area (Å²) in [6, 6.07) is 5.30. The van der Waals surface area contributed by atoms with Crippen molar-refractivity contribution in [3.05, 3.63) is 18.2 Å². The molecule has 2 rings (SSSR count). The molecule has 0 saturated heterocycles. The highest BCUT2D eigenvalue weighted by molar-refractivity contribution is 7.99. The van der Waals surface area contributed by atoms with Gasteiger partial charge in [0.05, 0.1) is 24.9 Å². The number of hydrogen-bond donors (Lipinski definition) is 3. The molecule has 0 unspecified atom stereocenters. The Balaban J connectivity index is 2.32. The molecule has 1 aromatic heterocycles. The number of H-pyrrole nitrogens is 1. The van der Waals surface area contributed by atoms with Gasteiger partial charge in [-0.3, -0.25) is 10.6 Å². The van der Waals surface area contributed by atoms with Crippen molar-refractivity contribution in [1.29, 1.82) is 0 Å². The number of carbonyl (C=O) groups is 1. The number of aliphatic carboxylic acids is 1. The Morgan fingerprint density at radius 3 is 2.76 bits per heavy atom. The molecule has 8 nitrogen and oxygen atoms in total. The number of ether oxygens (including phenoxy) is 2. The summed E-state index contributed by atoms with van der Waals surface area (Å²) in [5.41, 5.74) is 0.741. The Morgan fingerprint density at radius 1 is 1.43 bits per heavy atom. The lowest BCUT2D eigenvalue weighted by Gasteiger charge is -2.07. The number of nitrogen functional groups attached to an aromatic ring is 1. The van der Waals surface area contributed by atoms with E-state index in [1.165, 1.54) is 4.68 Å². The number of methoxy groups -OCH3 is 2. The lowest BCUT2D eigenvalue weighted by atomic mass is 10.2. The van der Waals surface area contributed by atoms with Gasteiger partial charge in [0.25, 0.3) is 5.82 Å². The Kier molecular flexibility index (Phi) is 4.53. The van der Waals surface area contributed by atoms with Crippen molar-refractivity contribution in [1.82, 2.24) is 10.2 Å². The molecule has 0 aliphatic rings. The zero-order valence-electron chi connectivity index (χ0n) is 11.5. The molecule has 4 N–H and O–H groups in total. The minimum Gasteiger partial charge on any atom is -0.493 e. The van der Waals surface area contributed by atoms with Crippen molar-refractivity contribution < 1.29 is 24.1 Å². The van der Waals surface area contributed by atoms with Gasteiger partial charge in [0.1, 0.15) is 5.75 Å². The molecule has 2 aromatic rings. The third-order valence-corrected chi connectivity index (χ3v) is 3.62. The number of carboxylic acid groups (broad SMARTS) is 1. The van der Waals surface area contributed by atoms with E-state index < -0.39 is 5.97 Å². The molecule has 0 amide bonds. The fourth-order valence-electron chi connectivity index (χ4n) is 1.72. The zero-order chi connectivity index (χ0) is 15.4. The van der Waals surface area contributed by atoms with Gasteiger partial charge in [-0.25, -0.2) is 0 Å². The van der Waals surface area contributed by atoms with Crippen LogP contribution in [0.4, 0.5) is 0 Å². The smallest absolute Gasteiger partial charge is 0.359 e. The van der Waals surface area contributed by atoms with Crippen molar-refractivity contribution >= 4 is 17.7 Å². The number of rotatable bonds is 6. The second kappa shape index (κ2) is 6.35. The third kappa shape index (κ3) is 3.19. The summed E-state index contributed by atoms with van der Waals surface area (Å²) in [4.78, 5) is 10.6. The van der Waals surface area contributed by atoms with Gasteiger partial charge in [-0.1, -0.05) is 0 Å². The first-order valence-corrected chi connectivity index (χ1v) is 6.88. The monoisotopic (exact) mass is 311 g/mol. The van der Waals surface area contributed by atoms with Crippen LogP contribution in [0.2, 0.25) is 0 Å². The Hall–Kier alpha value is -2.42. The largest absolute Gasteiger partial charge is 0.493 e. The number of thioether (sulfide) groups is 1. The van der Waals surface area contributed by atoms with Crippen molar-refractivity contribution in [2.75, 3.05) is 25.8 Å². The van der Waals surface area contributed by atoms with E-state index in [1.807, 2.05) is 0 Å². The predicted molar refractivity (Wildman–Crippen MR) is 75.8 cm³/mol. The third-order valence-electron chi connectivity index (χ3n) is 2.69. The number of carboxylic acids is 1. The second-order valence-corrected chi connectivity index (χ2v) is 4.92. The molecule has 0 aliphatic heterocycles. The first-order chi connectivity index (χ1) is 10.1. The molecule has 0 fully saturated rings. The maximum atomic E-state index is 10.6. The molecule has 21 heavy (non-hydrogen) atoms. The summed E-state index contributed by atoms with van der Waals surface area (Å²) in [7, 11) is 3.09. The molecule has 0 spiro atoms. The molecule has 1 heterocycles. The van der Waals surface area contributed by atoms with E-state index in [2.05, 4.69) is 10.2 Å². The number of nitrogens with two attached hydrogens (primary N) is 1. The van der Waals surface area contributed by atoms with Crippen LogP contribution in [0.3, 0.4) is 0 Å². The summed E-state index contributed by atoms with van der Waals surface area (Å²) in [5.74, 6) is 6.56. The van der Waals surface area contributed by atoms with Gasteiger partial charge < -0.3 is 14.6 Å². The van der Waals surface area contributed by atoms with E-state index >= 15 is 0 Å². The Morgan fingerprint density at radius 2 is 2.14 bits per heavy atom. The fourth-order valence-corrected chi connectivity index (χ4v) is 2.31. The molecule has 0 aliphatic carbocycles. The molecular formula is C12H15N4O4S+. The van der Waals surface area contributed by atoms with Crippen LogP contribution in [0.25, 0.3) is 11.4 Å². The molecule has 112 valence electrons. The molecular weight excluding hydrogens is 296 g/mol. The van der Waals surface area contributed by atoms with Crippen molar-refractivity contribution in [3.8, 4) is 22.9 Å². The van der Waals surface area contributed by atoms with Crippen LogP contribution in [0, 0.1) is 0 Å². The van der Waals surface area contributed by atoms with Crippen LogP contribution < -0.4 is 20.0 Å². The van der Waals surface area contributed by atoms with Crippen LogP contribution in [-0.2, 0) is 4.79 Å². The van der Waals surface area contributed by atoms with E-state index in [0.717, 1.165) is 17.3 Å². The molecule has 9 heteroatoms. The number of benzene rings is 1. The van der Waals surface area contributed by atoms with Gasteiger partial charge in [-0.2, -0.15) is 0 Å². The van der Waals surface area contributed by atoms with Crippen LogP contribution in [0.5, 0.6) is 11.5 Å². The molecule has 0 atom stereocenters. The van der Waals surface area contributed by atoms with E-state index in [-0.39, 0.29) is 5.75 Å². The Labute approximate surface area is 124 Å². The molecule has 0 bridgehead atoms. The van der Waals surface area contributed by atoms with Gasteiger partial charge in [0.2, 0.25) is 0 Å². The van der Waals surface area contributed by atoms with E-state index in [9.17, 15) is 4.79 Å². The standard InChI is InChI=1S/C12H14N4O4S/c1-19-8-4-3-7(5-9(8)20-2)11-14-15-12(16(11)13)21-6-10(17)18/h3-5H,6,13H2,1-2H3,(H,17,18)/p+1. The number of nitrogens with zero attached hydrogens (tertiary/aromatic N) is 2.